The zero-order valence-corrected chi connectivity index (χ0v) is 12.9. The Labute approximate surface area is 140 Å². The van der Waals surface area contributed by atoms with E-state index >= 15 is 0 Å². The molecule has 4 heteroatoms. The summed E-state index contributed by atoms with van der Waals surface area (Å²) in [7, 11) is 0. The zero-order chi connectivity index (χ0) is 16.9. The molecule has 118 valence electrons. The number of hydrogen-bond acceptors (Lipinski definition) is 3. The fourth-order valence-electron chi connectivity index (χ4n) is 2.32. The highest BCUT2D eigenvalue weighted by Crippen LogP contribution is 2.27. The summed E-state index contributed by atoms with van der Waals surface area (Å²) in [5.74, 6) is 1.01. The van der Waals surface area contributed by atoms with E-state index in [4.69, 9.17) is 15.9 Å². The van der Waals surface area contributed by atoms with Gasteiger partial charge in [0.05, 0.1) is 5.56 Å². The van der Waals surface area contributed by atoms with E-state index in [1.54, 1.807) is 42.5 Å². The van der Waals surface area contributed by atoms with Crippen LogP contribution < -0.4 is 10.5 Å². The maximum absolute atomic E-state index is 12.8. The second-order valence-corrected chi connectivity index (χ2v) is 5.23. The Balaban J connectivity index is 1.91. The van der Waals surface area contributed by atoms with E-state index in [-0.39, 0.29) is 11.6 Å². The quantitative estimate of drug-likeness (QED) is 0.424. The second kappa shape index (κ2) is 6.79. The molecule has 3 aromatic carbocycles. The van der Waals surface area contributed by atoms with Gasteiger partial charge in [0, 0.05) is 11.1 Å². The van der Waals surface area contributed by atoms with Crippen LogP contribution in [-0.4, -0.2) is 11.6 Å². The van der Waals surface area contributed by atoms with Crippen LogP contribution in [0.1, 0.15) is 21.5 Å². The predicted octanol–water partition coefficient (Wildman–Crippen LogP) is 3.99. The number of para-hydroxylation sites is 2. The molecule has 4 nitrogen and oxygen atoms in total. The van der Waals surface area contributed by atoms with Gasteiger partial charge < -0.3 is 10.5 Å². The molecule has 0 aromatic heterocycles. The number of nitrogens with two attached hydrogens (primary N) is 1. The normalized spacial score (nSPS) is 10.2. The lowest BCUT2D eigenvalue weighted by molar-refractivity contribution is 0.103. The number of rotatable bonds is 5. The molecular weight excluding hydrogens is 300 g/mol. The maximum atomic E-state index is 12.8. The van der Waals surface area contributed by atoms with Crippen LogP contribution in [-0.2, 0) is 0 Å². The number of ether oxygens (including phenoxy) is 1. The Kier molecular flexibility index (Phi) is 4.38. The average molecular weight is 316 g/mol. The molecular formula is C20H16N2O2. The van der Waals surface area contributed by atoms with Gasteiger partial charge in [-0.05, 0) is 24.3 Å². The van der Waals surface area contributed by atoms with Gasteiger partial charge >= 0.3 is 0 Å². The van der Waals surface area contributed by atoms with Gasteiger partial charge in [0.1, 0.15) is 17.3 Å². The molecule has 0 heterocycles. The number of hydrogen-bond donors (Lipinski definition) is 2. The molecule has 0 unspecified atom stereocenters. The van der Waals surface area contributed by atoms with Gasteiger partial charge in [-0.25, -0.2) is 0 Å². The predicted molar refractivity (Wildman–Crippen MR) is 93.8 cm³/mol. The number of ketones is 1. The van der Waals surface area contributed by atoms with Crippen LogP contribution in [0.3, 0.4) is 0 Å². The third kappa shape index (κ3) is 3.33. The molecule has 0 saturated heterocycles. The first-order chi connectivity index (χ1) is 11.6. The fraction of sp³-hybridized carbons (Fsp3) is 0. The number of nitrogen functional groups attached to an aromatic ring is 1. The Bertz CT molecular complexity index is 872. The molecule has 3 N–H and O–H groups in total. The van der Waals surface area contributed by atoms with Crippen molar-refractivity contribution in [3.63, 3.8) is 0 Å². The fourth-order valence-corrected chi connectivity index (χ4v) is 2.32. The average Bonchev–Trinajstić information content (AvgIpc) is 2.62. The van der Waals surface area contributed by atoms with Crippen LogP contribution in [0.2, 0.25) is 0 Å². The van der Waals surface area contributed by atoms with Gasteiger partial charge in [0.25, 0.3) is 0 Å². The molecule has 24 heavy (non-hydrogen) atoms. The number of carbonyl (C=O) groups excluding carboxylic acids is 1. The van der Waals surface area contributed by atoms with Gasteiger partial charge in [-0.3, -0.25) is 10.2 Å². The molecule has 3 rings (SSSR count). The molecule has 0 amide bonds. The molecule has 0 aliphatic carbocycles. The summed E-state index contributed by atoms with van der Waals surface area (Å²) < 4.78 is 5.84. The van der Waals surface area contributed by atoms with Crippen molar-refractivity contribution in [3.05, 3.63) is 95.6 Å². The lowest BCUT2D eigenvalue weighted by Gasteiger charge is -2.10. The Morgan fingerprint density at radius 1 is 0.792 bits per heavy atom. The molecule has 0 atom stereocenters. The van der Waals surface area contributed by atoms with E-state index in [1.165, 1.54) is 0 Å². The summed E-state index contributed by atoms with van der Waals surface area (Å²) in [4.78, 5) is 12.8. The molecule has 0 aliphatic rings. The van der Waals surface area contributed by atoms with Crippen LogP contribution in [0, 0.1) is 5.41 Å². The molecule has 0 radical (unpaired) electrons. The third-order valence-corrected chi connectivity index (χ3v) is 3.56. The van der Waals surface area contributed by atoms with Gasteiger partial charge in [-0.2, -0.15) is 0 Å². The SMILES string of the molecule is N=C(N)c1ccc(C(=O)c2ccccc2Oc2ccccc2)cc1. The number of amidine groups is 1. The van der Waals surface area contributed by atoms with Crippen LogP contribution in [0.5, 0.6) is 11.5 Å². The van der Waals surface area contributed by atoms with E-state index in [2.05, 4.69) is 0 Å². The van der Waals surface area contributed by atoms with E-state index in [9.17, 15) is 4.79 Å². The van der Waals surface area contributed by atoms with Gasteiger partial charge in [-0.1, -0.05) is 54.6 Å². The van der Waals surface area contributed by atoms with Crippen LogP contribution in [0.4, 0.5) is 0 Å². The molecule has 0 fully saturated rings. The van der Waals surface area contributed by atoms with Crippen molar-refractivity contribution in [2.45, 2.75) is 0 Å². The lowest BCUT2D eigenvalue weighted by Crippen LogP contribution is -2.11. The minimum atomic E-state index is -0.142. The standard InChI is InChI=1S/C20H16N2O2/c21-20(22)15-12-10-14(11-13-15)19(23)17-8-4-5-9-18(17)24-16-6-2-1-3-7-16/h1-13H,(H3,21,22). The van der Waals surface area contributed by atoms with Crippen molar-refractivity contribution in [3.8, 4) is 11.5 Å². The smallest absolute Gasteiger partial charge is 0.196 e. The van der Waals surface area contributed by atoms with Crippen molar-refractivity contribution >= 4 is 11.6 Å². The lowest BCUT2D eigenvalue weighted by atomic mass is 10.0. The van der Waals surface area contributed by atoms with E-state index < -0.39 is 0 Å². The van der Waals surface area contributed by atoms with Gasteiger partial charge in [-0.15, -0.1) is 0 Å². The van der Waals surface area contributed by atoms with E-state index in [0.29, 0.717) is 28.2 Å². The Hall–Kier alpha value is -3.40. The van der Waals surface area contributed by atoms with Crippen LogP contribution in [0.25, 0.3) is 0 Å². The molecule has 0 saturated carbocycles. The summed E-state index contributed by atoms with van der Waals surface area (Å²) in [5, 5.41) is 7.41. The highest BCUT2D eigenvalue weighted by molar-refractivity contribution is 6.11. The first kappa shape index (κ1) is 15.5. The maximum Gasteiger partial charge on any atom is 0.196 e. The minimum absolute atomic E-state index is 0.0261. The molecule has 0 aliphatic heterocycles. The molecule has 0 spiro atoms. The van der Waals surface area contributed by atoms with Crippen molar-refractivity contribution in [1.82, 2.24) is 0 Å². The highest BCUT2D eigenvalue weighted by Gasteiger charge is 2.15. The summed E-state index contributed by atoms with van der Waals surface area (Å²) in [6.07, 6.45) is 0. The van der Waals surface area contributed by atoms with Crippen molar-refractivity contribution in [2.24, 2.45) is 5.73 Å². The topological polar surface area (TPSA) is 76.2 Å². The Morgan fingerprint density at radius 3 is 2.04 bits per heavy atom. The highest BCUT2D eigenvalue weighted by atomic mass is 16.5. The summed E-state index contributed by atoms with van der Waals surface area (Å²) in [6, 6.07) is 23.1. The minimum Gasteiger partial charge on any atom is -0.457 e. The Morgan fingerprint density at radius 2 is 1.38 bits per heavy atom. The summed E-state index contributed by atoms with van der Waals surface area (Å²) in [5.41, 5.74) is 7.02. The number of carbonyl (C=O) groups is 1. The monoisotopic (exact) mass is 316 g/mol. The van der Waals surface area contributed by atoms with E-state index in [1.807, 2.05) is 36.4 Å². The van der Waals surface area contributed by atoms with Crippen molar-refractivity contribution in [1.29, 1.82) is 5.41 Å². The van der Waals surface area contributed by atoms with Gasteiger partial charge in [0.2, 0.25) is 0 Å². The van der Waals surface area contributed by atoms with E-state index in [0.717, 1.165) is 0 Å². The second-order valence-electron chi connectivity index (χ2n) is 5.23. The van der Waals surface area contributed by atoms with Crippen LogP contribution in [0.15, 0.2) is 78.9 Å². The molecule has 3 aromatic rings. The first-order valence-electron chi connectivity index (χ1n) is 7.46. The largest absolute Gasteiger partial charge is 0.457 e. The first-order valence-corrected chi connectivity index (χ1v) is 7.46. The zero-order valence-electron chi connectivity index (χ0n) is 12.9. The summed E-state index contributed by atoms with van der Waals surface area (Å²) in [6.45, 7) is 0. The van der Waals surface area contributed by atoms with Crippen LogP contribution >= 0.6 is 0 Å². The number of benzene rings is 3. The summed E-state index contributed by atoms with van der Waals surface area (Å²) >= 11 is 0. The van der Waals surface area contributed by atoms with Gasteiger partial charge in [0.15, 0.2) is 5.78 Å². The van der Waals surface area contributed by atoms with Crippen molar-refractivity contribution in [2.75, 3.05) is 0 Å². The molecule has 0 bridgehead atoms. The van der Waals surface area contributed by atoms with Crippen molar-refractivity contribution < 1.29 is 9.53 Å². The number of nitrogens with one attached hydrogen (secondary N) is 1. The third-order valence-electron chi connectivity index (χ3n) is 3.56.